The van der Waals surface area contributed by atoms with E-state index in [-0.39, 0.29) is 0 Å². The number of rotatable bonds is 6. The van der Waals surface area contributed by atoms with Gasteiger partial charge < -0.3 is 14.4 Å². The molecule has 6 heteroatoms. The van der Waals surface area contributed by atoms with E-state index in [2.05, 4.69) is 14.3 Å². The molecular formula is C15H25N3O2S. The molecule has 0 atom stereocenters. The van der Waals surface area contributed by atoms with Crippen LogP contribution in [0.15, 0.2) is 0 Å². The highest BCUT2D eigenvalue weighted by Gasteiger charge is 2.24. The van der Waals surface area contributed by atoms with E-state index >= 15 is 0 Å². The summed E-state index contributed by atoms with van der Waals surface area (Å²) in [5.74, 6) is 1.61. The highest BCUT2D eigenvalue weighted by molar-refractivity contribution is 7.09. The van der Waals surface area contributed by atoms with Crippen molar-refractivity contribution in [1.82, 2.24) is 9.36 Å². The maximum absolute atomic E-state index is 6.12. The lowest BCUT2D eigenvalue weighted by Crippen LogP contribution is -2.37. The Morgan fingerprint density at radius 1 is 1.19 bits per heavy atom. The van der Waals surface area contributed by atoms with Gasteiger partial charge >= 0.3 is 0 Å². The summed E-state index contributed by atoms with van der Waals surface area (Å²) < 4.78 is 15.5. The van der Waals surface area contributed by atoms with Crippen LogP contribution >= 0.6 is 11.5 Å². The Kier molecular flexibility index (Phi) is 5.43. The monoisotopic (exact) mass is 311 g/mol. The third kappa shape index (κ3) is 4.14. The van der Waals surface area contributed by atoms with Crippen molar-refractivity contribution in [3.63, 3.8) is 0 Å². The van der Waals surface area contributed by atoms with Crippen molar-refractivity contribution in [2.45, 2.75) is 51.2 Å². The van der Waals surface area contributed by atoms with Crippen LogP contribution in [0.2, 0.25) is 0 Å². The average Bonchev–Trinajstić information content (AvgIpc) is 3.17. The van der Waals surface area contributed by atoms with Gasteiger partial charge in [0, 0.05) is 38.3 Å². The Balaban J connectivity index is 1.41. The Morgan fingerprint density at radius 3 is 2.67 bits per heavy atom. The molecule has 1 aliphatic heterocycles. The molecule has 0 radical (unpaired) electrons. The third-order valence-electron chi connectivity index (χ3n) is 4.49. The summed E-state index contributed by atoms with van der Waals surface area (Å²) in [5.41, 5.74) is 0. The topological polar surface area (TPSA) is 47.5 Å². The molecule has 5 nitrogen and oxygen atoms in total. The minimum atomic E-state index is 0.438. The van der Waals surface area contributed by atoms with Gasteiger partial charge in [0.05, 0.1) is 6.10 Å². The molecule has 0 aromatic carbocycles. The van der Waals surface area contributed by atoms with E-state index in [1.54, 1.807) is 7.11 Å². The summed E-state index contributed by atoms with van der Waals surface area (Å²) in [5, 5.41) is 1.02. The zero-order valence-electron chi connectivity index (χ0n) is 12.8. The standard InChI is InChI=1S/C15H25N3O2S/c1-19-11-14-16-15(21-17-14)18-8-6-13(7-9-18)20-10-12-4-2-3-5-12/h12-13H,2-11H2,1H3. The second-order valence-electron chi connectivity index (χ2n) is 6.10. The van der Waals surface area contributed by atoms with Crippen LogP contribution < -0.4 is 4.90 Å². The van der Waals surface area contributed by atoms with Crippen LogP contribution in [-0.2, 0) is 16.1 Å². The lowest BCUT2D eigenvalue weighted by atomic mass is 10.1. The number of anilines is 1. The first-order valence-electron chi connectivity index (χ1n) is 8.03. The van der Waals surface area contributed by atoms with Crippen LogP contribution in [0.5, 0.6) is 0 Å². The Bertz CT molecular complexity index is 426. The molecule has 3 rings (SSSR count). The van der Waals surface area contributed by atoms with E-state index < -0.39 is 0 Å². The van der Waals surface area contributed by atoms with Gasteiger partial charge in [-0.2, -0.15) is 4.37 Å². The molecule has 1 saturated heterocycles. The van der Waals surface area contributed by atoms with Gasteiger partial charge in [-0.1, -0.05) is 12.8 Å². The predicted molar refractivity (Wildman–Crippen MR) is 83.8 cm³/mol. The highest BCUT2D eigenvalue weighted by Crippen LogP contribution is 2.27. The first kappa shape index (κ1) is 15.2. The minimum absolute atomic E-state index is 0.438. The number of methoxy groups -OCH3 is 1. The average molecular weight is 311 g/mol. The smallest absolute Gasteiger partial charge is 0.205 e. The summed E-state index contributed by atoms with van der Waals surface area (Å²) in [7, 11) is 1.67. The Morgan fingerprint density at radius 2 is 1.95 bits per heavy atom. The molecule has 0 unspecified atom stereocenters. The molecule has 0 bridgehead atoms. The van der Waals surface area contributed by atoms with E-state index in [0.717, 1.165) is 49.4 Å². The maximum Gasteiger partial charge on any atom is 0.205 e. The summed E-state index contributed by atoms with van der Waals surface area (Å²) >= 11 is 1.48. The van der Waals surface area contributed by atoms with Crippen LogP contribution in [0.3, 0.4) is 0 Å². The van der Waals surface area contributed by atoms with Crippen molar-refractivity contribution < 1.29 is 9.47 Å². The van der Waals surface area contributed by atoms with Crippen molar-refractivity contribution in [2.24, 2.45) is 5.92 Å². The quantitative estimate of drug-likeness (QED) is 0.808. The number of nitrogens with zero attached hydrogens (tertiary/aromatic N) is 3. The molecular weight excluding hydrogens is 286 g/mol. The van der Waals surface area contributed by atoms with Crippen molar-refractivity contribution in [3.8, 4) is 0 Å². The second-order valence-corrected chi connectivity index (χ2v) is 6.83. The molecule has 21 heavy (non-hydrogen) atoms. The third-order valence-corrected chi connectivity index (χ3v) is 5.30. The van der Waals surface area contributed by atoms with Crippen molar-refractivity contribution in [3.05, 3.63) is 5.82 Å². The normalized spacial score (nSPS) is 21.3. The molecule has 1 saturated carbocycles. The molecule has 0 N–H and O–H groups in total. The second kappa shape index (κ2) is 7.51. The van der Waals surface area contributed by atoms with Gasteiger partial charge in [-0.25, -0.2) is 4.98 Å². The molecule has 2 aliphatic rings. The van der Waals surface area contributed by atoms with E-state index in [9.17, 15) is 0 Å². The molecule has 118 valence electrons. The minimum Gasteiger partial charge on any atom is -0.378 e. The number of ether oxygens (including phenoxy) is 2. The molecule has 2 heterocycles. The van der Waals surface area contributed by atoms with Crippen LogP contribution in [0.4, 0.5) is 5.13 Å². The van der Waals surface area contributed by atoms with Crippen LogP contribution in [-0.4, -0.2) is 42.3 Å². The fourth-order valence-corrected chi connectivity index (χ4v) is 3.95. The number of aromatic nitrogens is 2. The molecule has 0 spiro atoms. The van der Waals surface area contributed by atoms with E-state index in [0.29, 0.717) is 12.7 Å². The van der Waals surface area contributed by atoms with Crippen molar-refractivity contribution >= 4 is 16.7 Å². The van der Waals surface area contributed by atoms with Gasteiger partial charge in [-0.3, -0.25) is 0 Å². The first-order valence-corrected chi connectivity index (χ1v) is 8.80. The van der Waals surface area contributed by atoms with E-state index in [1.165, 1.54) is 37.2 Å². The van der Waals surface area contributed by atoms with Gasteiger partial charge in [-0.15, -0.1) is 0 Å². The lowest BCUT2D eigenvalue weighted by Gasteiger charge is -2.31. The van der Waals surface area contributed by atoms with E-state index in [4.69, 9.17) is 9.47 Å². The van der Waals surface area contributed by atoms with Gasteiger partial charge in [0.2, 0.25) is 5.13 Å². The van der Waals surface area contributed by atoms with Gasteiger partial charge in [0.25, 0.3) is 0 Å². The zero-order valence-corrected chi connectivity index (χ0v) is 13.6. The maximum atomic E-state index is 6.12. The fourth-order valence-electron chi connectivity index (χ4n) is 3.22. The molecule has 1 aliphatic carbocycles. The first-order chi connectivity index (χ1) is 10.3. The summed E-state index contributed by atoms with van der Waals surface area (Å²) in [6.07, 6.45) is 8.17. The van der Waals surface area contributed by atoms with E-state index in [1.807, 2.05) is 0 Å². The SMILES string of the molecule is COCc1nsc(N2CCC(OCC3CCCC3)CC2)n1. The molecule has 1 aromatic heterocycles. The van der Waals surface area contributed by atoms with Crippen LogP contribution in [0.25, 0.3) is 0 Å². The van der Waals surface area contributed by atoms with Gasteiger partial charge in [0.1, 0.15) is 6.61 Å². The zero-order chi connectivity index (χ0) is 14.5. The predicted octanol–water partition coefficient (Wildman–Crippen LogP) is 2.86. The summed E-state index contributed by atoms with van der Waals surface area (Å²) in [6.45, 7) is 3.52. The van der Waals surface area contributed by atoms with Crippen molar-refractivity contribution in [2.75, 3.05) is 31.7 Å². The largest absolute Gasteiger partial charge is 0.378 e. The van der Waals surface area contributed by atoms with Gasteiger partial charge in [0.15, 0.2) is 5.82 Å². The van der Waals surface area contributed by atoms with Crippen LogP contribution in [0, 0.1) is 5.92 Å². The molecule has 1 aromatic rings. The van der Waals surface area contributed by atoms with Gasteiger partial charge in [-0.05, 0) is 31.6 Å². The highest BCUT2D eigenvalue weighted by atomic mass is 32.1. The number of piperidine rings is 1. The summed E-state index contributed by atoms with van der Waals surface area (Å²) in [4.78, 5) is 6.85. The van der Waals surface area contributed by atoms with Crippen LogP contribution in [0.1, 0.15) is 44.3 Å². The van der Waals surface area contributed by atoms with Crippen molar-refractivity contribution in [1.29, 1.82) is 0 Å². The molecule has 2 fully saturated rings. The Hall–Kier alpha value is -0.720. The lowest BCUT2D eigenvalue weighted by molar-refractivity contribution is 0.0164. The Labute approximate surface area is 130 Å². The molecule has 0 amide bonds. The summed E-state index contributed by atoms with van der Waals surface area (Å²) in [6, 6.07) is 0. The number of hydrogen-bond acceptors (Lipinski definition) is 6. The fraction of sp³-hybridized carbons (Fsp3) is 0.867. The number of hydrogen-bond donors (Lipinski definition) is 0.